The molecule has 1 aliphatic carbocycles. The van der Waals surface area contributed by atoms with E-state index in [9.17, 15) is 4.79 Å². The Labute approximate surface area is 107 Å². The Bertz CT molecular complexity index is 358. The minimum Gasteiger partial charge on any atom is -0.480 e. The molecule has 0 atom stereocenters. The topological polar surface area (TPSA) is 58.4 Å². The van der Waals surface area contributed by atoms with Crippen LogP contribution >= 0.6 is 0 Å². The van der Waals surface area contributed by atoms with Gasteiger partial charge in [0.25, 0.3) is 0 Å². The number of aliphatic carboxylic acids is 1. The largest absolute Gasteiger partial charge is 0.480 e. The molecule has 1 aromatic heterocycles. The maximum Gasteiger partial charge on any atom is 0.317 e. The van der Waals surface area contributed by atoms with E-state index in [1.165, 1.54) is 12.8 Å². The molecule has 1 N–H and O–H groups in total. The molecular formula is C13H21N3O2. The van der Waals surface area contributed by atoms with Gasteiger partial charge in [-0.25, -0.2) is 4.98 Å². The lowest BCUT2D eigenvalue weighted by atomic mass is 10.2. The van der Waals surface area contributed by atoms with Crippen LogP contribution in [0.1, 0.15) is 32.1 Å². The van der Waals surface area contributed by atoms with Crippen LogP contribution in [-0.4, -0.2) is 44.7 Å². The Morgan fingerprint density at radius 1 is 1.44 bits per heavy atom. The molecule has 1 aromatic rings. The number of aryl methyl sites for hydroxylation is 1. The zero-order valence-corrected chi connectivity index (χ0v) is 10.7. The molecule has 0 radical (unpaired) electrons. The molecule has 18 heavy (non-hydrogen) atoms. The minimum atomic E-state index is -0.718. The average molecular weight is 251 g/mol. The van der Waals surface area contributed by atoms with Gasteiger partial charge in [-0.1, -0.05) is 12.8 Å². The number of carboxylic acids is 1. The SMILES string of the molecule is O=C(O)CN(CCCn1ccnc1)C1CCCC1. The van der Waals surface area contributed by atoms with Gasteiger partial charge in [0, 0.05) is 31.5 Å². The van der Waals surface area contributed by atoms with Crippen LogP contribution in [-0.2, 0) is 11.3 Å². The first-order chi connectivity index (χ1) is 8.75. The van der Waals surface area contributed by atoms with Crippen LogP contribution in [0.25, 0.3) is 0 Å². The molecule has 5 nitrogen and oxygen atoms in total. The van der Waals surface area contributed by atoms with E-state index >= 15 is 0 Å². The van der Waals surface area contributed by atoms with Crippen LogP contribution in [0.4, 0.5) is 0 Å². The highest BCUT2D eigenvalue weighted by Crippen LogP contribution is 2.23. The molecule has 0 aromatic carbocycles. The van der Waals surface area contributed by atoms with Crippen LogP contribution < -0.4 is 0 Å². The summed E-state index contributed by atoms with van der Waals surface area (Å²) in [6.45, 7) is 1.94. The highest BCUT2D eigenvalue weighted by molar-refractivity contribution is 5.69. The number of carbonyl (C=O) groups is 1. The molecule has 0 amide bonds. The standard InChI is InChI=1S/C13H21N3O2/c17-13(18)10-16(12-4-1-2-5-12)8-3-7-15-9-6-14-11-15/h6,9,11-12H,1-5,7-8,10H2,(H,17,18). The normalized spacial score (nSPS) is 16.5. The van der Waals surface area contributed by atoms with E-state index in [4.69, 9.17) is 5.11 Å². The summed E-state index contributed by atoms with van der Waals surface area (Å²) in [5.41, 5.74) is 0. The fourth-order valence-electron chi connectivity index (χ4n) is 2.71. The second kappa shape index (κ2) is 6.54. The number of aromatic nitrogens is 2. The average Bonchev–Trinajstić information content (AvgIpc) is 3.00. The van der Waals surface area contributed by atoms with Gasteiger partial charge in [0.2, 0.25) is 0 Å². The van der Waals surface area contributed by atoms with Crippen LogP contribution in [0.2, 0.25) is 0 Å². The first-order valence-electron chi connectivity index (χ1n) is 6.67. The Hall–Kier alpha value is -1.36. The lowest BCUT2D eigenvalue weighted by Gasteiger charge is -2.27. The maximum absolute atomic E-state index is 10.9. The minimum absolute atomic E-state index is 0.175. The van der Waals surface area contributed by atoms with Gasteiger partial charge in [0.15, 0.2) is 0 Å². The Kier molecular flexibility index (Phi) is 4.75. The molecular weight excluding hydrogens is 230 g/mol. The van der Waals surface area contributed by atoms with Gasteiger partial charge in [-0.3, -0.25) is 9.69 Å². The highest BCUT2D eigenvalue weighted by Gasteiger charge is 2.23. The molecule has 1 saturated carbocycles. The van der Waals surface area contributed by atoms with E-state index in [0.29, 0.717) is 6.04 Å². The predicted molar refractivity (Wildman–Crippen MR) is 68.3 cm³/mol. The molecule has 0 saturated heterocycles. The van der Waals surface area contributed by atoms with Gasteiger partial charge in [-0.15, -0.1) is 0 Å². The smallest absolute Gasteiger partial charge is 0.317 e. The first kappa shape index (κ1) is 13.1. The van der Waals surface area contributed by atoms with Crippen molar-refractivity contribution in [1.82, 2.24) is 14.5 Å². The zero-order valence-electron chi connectivity index (χ0n) is 10.7. The zero-order chi connectivity index (χ0) is 12.8. The predicted octanol–water partition coefficient (Wildman–Crippen LogP) is 1.60. The fraction of sp³-hybridized carbons (Fsp3) is 0.692. The van der Waals surface area contributed by atoms with Crippen molar-refractivity contribution < 1.29 is 9.90 Å². The third-order valence-corrected chi connectivity index (χ3v) is 3.60. The molecule has 0 unspecified atom stereocenters. The van der Waals surface area contributed by atoms with Crippen molar-refractivity contribution in [3.8, 4) is 0 Å². The number of carboxylic acid groups (broad SMARTS) is 1. The van der Waals surface area contributed by atoms with Crippen molar-refractivity contribution in [1.29, 1.82) is 0 Å². The van der Waals surface area contributed by atoms with Gasteiger partial charge in [0.05, 0.1) is 12.9 Å². The molecule has 1 heterocycles. The fourth-order valence-corrected chi connectivity index (χ4v) is 2.71. The van der Waals surface area contributed by atoms with Gasteiger partial charge >= 0.3 is 5.97 Å². The number of hydrogen-bond donors (Lipinski definition) is 1. The number of imidazole rings is 1. The van der Waals surface area contributed by atoms with Crippen molar-refractivity contribution in [2.75, 3.05) is 13.1 Å². The van der Waals surface area contributed by atoms with E-state index in [1.54, 1.807) is 12.5 Å². The summed E-state index contributed by atoms with van der Waals surface area (Å²) in [5, 5.41) is 8.97. The molecule has 2 rings (SSSR count). The highest BCUT2D eigenvalue weighted by atomic mass is 16.4. The number of hydrogen-bond acceptors (Lipinski definition) is 3. The van der Waals surface area contributed by atoms with E-state index in [2.05, 4.69) is 9.88 Å². The van der Waals surface area contributed by atoms with Crippen molar-refractivity contribution in [3.05, 3.63) is 18.7 Å². The van der Waals surface area contributed by atoms with Crippen molar-refractivity contribution in [2.24, 2.45) is 0 Å². The first-order valence-corrected chi connectivity index (χ1v) is 6.67. The second-order valence-electron chi connectivity index (χ2n) is 4.96. The summed E-state index contributed by atoms with van der Waals surface area (Å²) in [7, 11) is 0. The summed E-state index contributed by atoms with van der Waals surface area (Å²) in [6.07, 6.45) is 11.3. The Balaban J connectivity index is 1.78. The van der Waals surface area contributed by atoms with E-state index in [-0.39, 0.29) is 6.54 Å². The lowest BCUT2D eigenvalue weighted by molar-refractivity contribution is -0.138. The molecule has 0 spiro atoms. The molecule has 0 aliphatic heterocycles. The number of rotatable bonds is 7. The van der Waals surface area contributed by atoms with E-state index < -0.39 is 5.97 Å². The summed E-state index contributed by atoms with van der Waals surface area (Å²) in [5.74, 6) is -0.718. The Morgan fingerprint density at radius 2 is 2.22 bits per heavy atom. The van der Waals surface area contributed by atoms with Gasteiger partial charge < -0.3 is 9.67 Å². The lowest BCUT2D eigenvalue weighted by Crippen LogP contribution is -2.38. The van der Waals surface area contributed by atoms with Crippen molar-refractivity contribution in [2.45, 2.75) is 44.7 Å². The molecule has 100 valence electrons. The summed E-state index contributed by atoms with van der Waals surface area (Å²) < 4.78 is 2.04. The van der Waals surface area contributed by atoms with Crippen molar-refractivity contribution in [3.63, 3.8) is 0 Å². The molecule has 1 fully saturated rings. The Morgan fingerprint density at radius 3 is 2.83 bits per heavy atom. The summed E-state index contributed by atoms with van der Waals surface area (Å²) in [6, 6.07) is 0.476. The maximum atomic E-state index is 10.9. The van der Waals surface area contributed by atoms with Crippen LogP contribution in [0.15, 0.2) is 18.7 Å². The monoisotopic (exact) mass is 251 g/mol. The van der Waals surface area contributed by atoms with Crippen LogP contribution in [0.5, 0.6) is 0 Å². The van der Waals surface area contributed by atoms with E-state index in [1.807, 2.05) is 10.8 Å². The van der Waals surface area contributed by atoms with Crippen molar-refractivity contribution >= 4 is 5.97 Å². The van der Waals surface area contributed by atoms with Crippen LogP contribution in [0, 0.1) is 0 Å². The van der Waals surface area contributed by atoms with E-state index in [0.717, 1.165) is 32.4 Å². The number of nitrogens with zero attached hydrogens (tertiary/aromatic N) is 3. The van der Waals surface area contributed by atoms with Gasteiger partial charge in [0.1, 0.15) is 0 Å². The quantitative estimate of drug-likeness (QED) is 0.799. The summed E-state index contributed by atoms with van der Waals surface area (Å²) >= 11 is 0. The summed E-state index contributed by atoms with van der Waals surface area (Å²) in [4.78, 5) is 17.0. The van der Waals surface area contributed by atoms with Gasteiger partial charge in [-0.05, 0) is 19.3 Å². The molecule has 0 bridgehead atoms. The third kappa shape index (κ3) is 3.84. The molecule has 1 aliphatic rings. The molecule has 5 heteroatoms. The third-order valence-electron chi connectivity index (χ3n) is 3.60. The second-order valence-corrected chi connectivity index (χ2v) is 4.96. The van der Waals surface area contributed by atoms with Crippen LogP contribution in [0.3, 0.4) is 0 Å². The van der Waals surface area contributed by atoms with Gasteiger partial charge in [-0.2, -0.15) is 0 Å².